The molecule has 0 N–H and O–H groups in total. The average molecular weight is 188 g/mol. The molecule has 0 amide bonds. The van der Waals surface area contributed by atoms with Crippen LogP contribution in [0, 0.1) is 0 Å². The van der Waals surface area contributed by atoms with E-state index in [1.54, 1.807) is 0 Å². The summed E-state index contributed by atoms with van der Waals surface area (Å²) >= 11 is 0. The highest BCUT2D eigenvalue weighted by molar-refractivity contribution is 5.34. The van der Waals surface area contributed by atoms with Crippen molar-refractivity contribution in [1.82, 2.24) is 0 Å². The number of hydrogen-bond donors (Lipinski definition) is 0. The minimum atomic E-state index is -4.21. The van der Waals surface area contributed by atoms with Crippen LogP contribution in [0.1, 0.15) is 19.8 Å². The van der Waals surface area contributed by atoms with E-state index in [0.717, 1.165) is 18.1 Å². The average Bonchev–Trinajstić information content (AvgIpc) is 2.26. The Labute approximate surface area is 75.4 Å². The Morgan fingerprint density at radius 3 is 2.46 bits per heavy atom. The first-order valence-corrected chi connectivity index (χ1v) is 4.18. The van der Waals surface area contributed by atoms with E-state index in [-0.39, 0.29) is 0 Å². The van der Waals surface area contributed by atoms with Crippen LogP contribution in [0.4, 0.5) is 13.2 Å². The van der Waals surface area contributed by atoms with Gasteiger partial charge in [0.2, 0.25) is 0 Å². The summed E-state index contributed by atoms with van der Waals surface area (Å²) in [4.78, 5) is 0. The monoisotopic (exact) mass is 188 g/mol. The summed E-state index contributed by atoms with van der Waals surface area (Å²) in [6.07, 6.45) is 2.62. The smallest absolute Gasteiger partial charge is 0.166 e. The van der Waals surface area contributed by atoms with E-state index >= 15 is 0 Å². The lowest BCUT2D eigenvalue weighted by atomic mass is 10.2. The molecule has 0 spiro atoms. The molecular weight excluding hydrogens is 177 g/mol. The second-order valence-electron chi connectivity index (χ2n) is 2.86. The molecule has 0 saturated carbocycles. The molecule has 0 heterocycles. The molecule has 72 valence electrons. The van der Waals surface area contributed by atoms with Crippen LogP contribution < -0.4 is 0 Å². The Bertz CT molecular complexity index is 266. The fourth-order valence-electron chi connectivity index (χ4n) is 1.14. The minimum absolute atomic E-state index is 0.366. The first-order chi connectivity index (χ1) is 6.04. The predicted octanol–water partition coefficient (Wildman–Crippen LogP) is 3.77. The Balaban J connectivity index is 2.81. The molecule has 0 saturated heterocycles. The van der Waals surface area contributed by atoms with E-state index in [9.17, 15) is 13.2 Å². The van der Waals surface area contributed by atoms with Crippen molar-refractivity contribution < 1.29 is 13.2 Å². The first-order valence-electron chi connectivity index (χ1n) is 4.18. The van der Waals surface area contributed by atoms with Crippen LogP contribution in [0.2, 0.25) is 0 Å². The molecule has 0 bridgehead atoms. The van der Waals surface area contributed by atoms with Crippen LogP contribution in [-0.2, 0) is 0 Å². The van der Waals surface area contributed by atoms with Gasteiger partial charge in [-0.05, 0) is 12.8 Å². The van der Waals surface area contributed by atoms with Gasteiger partial charge in [0.15, 0.2) is 0 Å². The van der Waals surface area contributed by atoms with Crippen molar-refractivity contribution in [1.29, 1.82) is 0 Å². The van der Waals surface area contributed by atoms with Gasteiger partial charge in [-0.1, -0.05) is 36.8 Å². The maximum Gasteiger partial charge on any atom is 0.416 e. The topological polar surface area (TPSA) is 0 Å². The normalized spacial score (nSPS) is 17.8. The van der Waals surface area contributed by atoms with Crippen molar-refractivity contribution in [2.75, 3.05) is 0 Å². The van der Waals surface area contributed by atoms with Crippen molar-refractivity contribution in [3.63, 3.8) is 0 Å². The zero-order valence-electron chi connectivity index (χ0n) is 7.36. The third-order valence-corrected chi connectivity index (χ3v) is 1.93. The van der Waals surface area contributed by atoms with Gasteiger partial charge in [-0.2, -0.15) is 13.2 Å². The van der Waals surface area contributed by atoms with Crippen LogP contribution in [0.25, 0.3) is 0 Å². The van der Waals surface area contributed by atoms with Crippen LogP contribution in [-0.4, -0.2) is 6.18 Å². The Morgan fingerprint density at radius 2 is 1.92 bits per heavy atom. The maximum absolute atomic E-state index is 12.2. The largest absolute Gasteiger partial charge is 0.416 e. The predicted molar refractivity (Wildman–Crippen MR) is 46.3 cm³/mol. The highest BCUT2D eigenvalue weighted by atomic mass is 19.4. The summed E-state index contributed by atoms with van der Waals surface area (Å²) in [7, 11) is 0. The number of halogens is 3. The van der Waals surface area contributed by atoms with E-state index in [1.165, 1.54) is 12.2 Å². The quantitative estimate of drug-likeness (QED) is 0.587. The molecule has 1 rings (SSSR count). The molecule has 0 aromatic carbocycles. The summed E-state index contributed by atoms with van der Waals surface area (Å²) in [5.74, 6) is 0. The van der Waals surface area contributed by atoms with E-state index in [2.05, 4.69) is 0 Å². The van der Waals surface area contributed by atoms with Gasteiger partial charge in [0, 0.05) is 0 Å². The van der Waals surface area contributed by atoms with E-state index in [1.807, 2.05) is 13.0 Å². The molecule has 0 fully saturated rings. The molecule has 1 aliphatic rings. The van der Waals surface area contributed by atoms with Crippen molar-refractivity contribution >= 4 is 0 Å². The summed E-state index contributed by atoms with van der Waals surface area (Å²) in [5.41, 5.74) is 0.405. The Morgan fingerprint density at radius 1 is 1.23 bits per heavy atom. The Hall–Kier alpha value is -0.990. The molecule has 0 aliphatic heterocycles. The van der Waals surface area contributed by atoms with Gasteiger partial charge in [-0.3, -0.25) is 0 Å². The second-order valence-corrected chi connectivity index (χ2v) is 2.86. The molecule has 13 heavy (non-hydrogen) atoms. The van der Waals surface area contributed by atoms with Crippen LogP contribution in [0.3, 0.4) is 0 Å². The van der Waals surface area contributed by atoms with E-state index < -0.39 is 11.7 Å². The highest BCUT2D eigenvalue weighted by Gasteiger charge is 2.31. The van der Waals surface area contributed by atoms with Crippen molar-refractivity contribution in [2.24, 2.45) is 0 Å². The molecule has 0 aromatic rings. The highest BCUT2D eigenvalue weighted by Crippen LogP contribution is 2.28. The van der Waals surface area contributed by atoms with Crippen LogP contribution in [0.5, 0.6) is 0 Å². The van der Waals surface area contributed by atoms with Gasteiger partial charge in [0.05, 0.1) is 5.57 Å². The zero-order valence-corrected chi connectivity index (χ0v) is 7.36. The molecule has 1 aliphatic carbocycles. The standard InChI is InChI=1S/C10H11F3/c1-2-8-4-3-5-9(7-6-8)10(11,12)13/h4-7H,2-3H2,1H3. The fraction of sp³-hybridized carbons (Fsp3) is 0.400. The lowest BCUT2D eigenvalue weighted by Gasteiger charge is -2.05. The number of allylic oxidation sites excluding steroid dienone is 6. The van der Waals surface area contributed by atoms with Gasteiger partial charge >= 0.3 is 6.18 Å². The SMILES string of the molecule is CCC1=CCC=C(C(F)(F)F)C=C1. The summed E-state index contributed by atoms with van der Waals surface area (Å²) in [6.45, 7) is 1.93. The lowest BCUT2D eigenvalue weighted by Crippen LogP contribution is -2.09. The molecule has 0 radical (unpaired) electrons. The fourth-order valence-corrected chi connectivity index (χ4v) is 1.14. The number of rotatable bonds is 1. The summed E-state index contributed by atoms with van der Waals surface area (Å²) < 4.78 is 36.6. The van der Waals surface area contributed by atoms with Crippen molar-refractivity contribution in [3.8, 4) is 0 Å². The molecule has 0 atom stereocenters. The van der Waals surface area contributed by atoms with E-state index in [0.29, 0.717) is 6.42 Å². The maximum atomic E-state index is 12.2. The van der Waals surface area contributed by atoms with Gasteiger partial charge in [0.25, 0.3) is 0 Å². The van der Waals surface area contributed by atoms with Crippen LogP contribution in [0.15, 0.2) is 35.5 Å². The summed E-state index contributed by atoms with van der Waals surface area (Å²) in [6, 6.07) is 0. The third kappa shape index (κ3) is 2.76. The van der Waals surface area contributed by atoms with Crippen LogP contribution >= 0.6 is 0 Å². The summed E-state index contributed by atoms with van der Waals surface area (Å²) in [5, 5.41) is 0. The molecule has 0 aromatic heterocycles. The molecule has 0 unspecified atom stereocenters. The Kier molecular flexibility index (Phi) is 2.96. The van der Waals surface area contributed by atoms with Crippen molar-refractivity contribution in [3.05, 3.63) is 35.5 Å². The van der Waals surface area contributed by atoms with E-state index in [4.69, 9.17) is 0 Å². The number of hydrogen-bond acceptors (Lipinski definition) is 0. The first kappa shape index (κ1) is 10.1. The number of alkyl halides is 3. The second kappa shape index (κ2) is 3.81. The van der Waals surface area contributed by atoms with Gasteiger partial charge in [-0.25, -0.2) is 0 Å². The molecular formula is C10H11F3. The van der Waals surface area contributed by atoms with Crippen molar-refractivity contribution in [2.45, 2.75) is 25.9 Å². The zero-order chi connectivity index (χ0) is 9.90. The van der Waals surface area contributed by atoms with Gasteiger partial charge in [0.1, 0.15) is 0 Å². The minimum Gasteiger partial charge on any atom is -0.166 e. The van der Waals surface area contributed by atoms with Gasteiger partial charge < -0.3 is 0 Å². The lowest BCUT2D eigenvalue weighted by molar-refractivity contribution is -0.0883. The third-order valence-electron chi connectivity index (χ3n) is 1.93. The van der Waals surface area contributed by atoms with Gasteiger partial charge in [-0.15, -0.1) is 0 Å². The molecule has 3 heteroatoms. The molecule has 0 nitrogen and oxygen atoms in total.